The fourth-order valence-electron chi connectivity index (χ4n) is 4.41. The van der Waals surface area contributed by atoms with Gasteiger partial charge < -0.3 is 41.6 Å². The number of benzene rings is 1. The van der Waals surface area contributed by atoms with Crippen LogP contribution in [0.4, 0.5) is 23.5 Å². The van der Waals surface area contributed by atoms with Gasteiger partial charge in [-0.2, -0.15) is 15.0 Å². The van der Waals surface area contributed by atoms with Gasteiger partial charge in [-0.3, -0.25) is 9.78 Å². The maximum absolute atomic E-state index is 12.3. The third-order valence-corrected chi connectivity index (χ3v) is 6.64. The number of nitrogens with one attached hydrogen (secondary N) is 4. The molecule has 2 aromatic heterocycles. The average Bonchev–Trinajstić information content (AvgIpc) is 3.00. The first kappa shape index (κ1) is 31.0. The van der Waals surface area contributed by atoms with Crippen molar-refractivity contribution in [1.29, 1.82) is 0 Å². The highest BCUT2D eigenvalue weighted by Gasteiger charge is 2.20. The number of pyridine rings is 1. The lowest BCUT2D eigenvalue weighted by molar-refractivity contribution is -0.120. The summed E-state index contributed by atoms with van der Waals surface area (Å²) in [6.45, 7) is 3.35. The van der Waals surface area contributed by atoms with E-state index in [1.54, 1.807) is 12.4 Å². The highest BCUT2D eigenvalue weighted by atomic mass is 16.5. The molecule has 1 aliphatic carbocycles. The van der Waals surface area contributed by atoms with Crippen LogP contribution in [-0.2, 0) is 27.2 Å². The molecule has 0 bridgehead atoms. The Morgan fingerprint density at radius 3 is 2.29 bits per heavy atom. The van der Waals surface area contributed by atoms with Gasteiger partial charge in [-0.05, 0) is 61.1 Å². The van der Waals surface area contributed by atoms with Gasteiger partial charge in [-0.15, -0.1) is 0 Å². The van der Waals surface area contributed by atoms with Crippen LogP contribution >= 0.6 is 0 Å². The highest BCUT2D eigenvalue weighted by molar-refractivity contribution is 5.78. The van der Waals surface area contributed by atoms with E-state index in [1.165, 1.54) is 0 Å². The lowest BCUT2D eigenvalue weighted by Gasteiger charge is -2.26. The Hall–Kier alpha value is -3.91. The Balaban J connectivity index is 1.30. The largest absolute Gasteiger partial charge is 0.393 e. The zero-order valence-corrected chi connectivity index (χ0v) is 23.8. The zero-order chi connectivity index (χ0) is 29.4. The first-order valence-electron chi connectivity index (χ1n) is 14.4. The normalized spacial score (nSPS) is 16.5. The van der Waals surface area contributed by atoms with E-state index in [1.807, 2.05) is 36.4 Å². The molecule has 1 saturated carbocycles. The van der Waals surface area contributed by atoms with Crippen molar-refractivity contribution in [3.8, 4) is 0 Å². The number of rotatable bonds is 17. The van der Waals surface area contributed by atoms with Crippen LogP contribution < -0.4 is 27.0 Å². The van der Waals surface area contributed by atoms with Crippen molar-refractivity contribution in [2.45, 2.75) is 50.8 Å². The molecule has 0 atom stereocenters. The molecule has 226 valence electrons. The topological polar surface area (TPSA) is 181 Å². The third kappa shape index (κ3) is 11.2. The van der Waals surface area contributed by atoms with Crippen molar-refractivity contribution in [2.75, 3.05) is 55.5 Å². The summed E-state index contributed by atoms with van der Waals surface area (Å²) in [7, 11) is 0. The Morgan fingerprint density at radius 1 is 0.857 bits per heavy atom. The molecule has 13 nitrogen and oxygen atoms in total. The zero-order valence-electron chi connectivity index (χ0n) is 23.8. The minimum atomic E-state index is -0.239. The van der Waals surface area contributed by atoms with Crippen molar-refractivity contribution >= 4 is 29.4 Å². The van der Waals surface area contributed by atoms with E-state index in [2.05, 4.69) is 41.2 Å². The van der Waals surface area contributed by atoms with Crippen LogP contribution in [0.2, 0.25) is 0 Å². The molecule has 2 heterocycles. The third-order valence-electron chi connectivity index (χ3n) is 6.64. The molecule has 4 rings (SSSR count). The average molecular weight is 580 g/mol. The molecule has 1 aromatic carbocycles. The summed E-state index contributed by atoms with van der Waals surface area (Å²) in [6.07, 6.45) is 6.71. The van der Waals surface area contributed by atoms with Crippen molar-refractivity contribution < 1.29 is 19.4 Å². The summed E-state index contributed by atoms with van der Waals surface area (Å²) >= 11 is 0. The maximum Gasteiger partial charge on any atom is 0.233 e. The van der Waals surface area contributed by atoms with Crippen molar-refractivity contribution in [1.82, 2.24) is 25.3 Å². The molecule has 3 aromatic rings. The Labute approximate surface area is 246 Å². The second kappa shape index (κ2) is 17.1. The number of anilines is 4. The summed E-state index contributed by atoms with van der Waals surface area (Å²) in [5, 5.41) is 22.6. The Kier molecular flexibility index (Phi) is 12.7. The van der Waals surface area contributed by atoms with Gasteiger partial charge in [0.05, 0.1) is 39.0 Å². The number of nitrogens with two attached hydrogens (primary N) is 1. The van der Waals surface area contributed by atoms with Crippen LogP contribution in [0.15, 0.2) is 48.8 Å². The van der Waals surface area contributed by atoms with Crippen molar-refractivity contribution in [3.63, 3.8) is 0 Å². The summed E-state index contributed by atoms with van der Waals surface area (Å²) < 4.78 is 10.7. The van der Waals surface area contributed by atoms with Crippen LogP contribution in [0.1, 0.15) is 36.8 Å². The van der Waals surface area contributed by atoms with E-state index in [-0.39, 0.29) is 24.5 Å². The molecule has 0 spiro atoms. The number of amides is 1. The van der Waals surface area contributed by atoms with Gasteiger partial charge >= 0.3 is 0 Å². The quantitative estimate of drug-likeness (QED) is 0.128. The number of aliphatic hydroxyl groups is 1. The minimum absolute atomic E-state index is 0.0768. The number of ether oxygens (including phenoxy) is 2. The predicted octanol–water partition coefficient (Wildman–Crippen LogP) is 1.99. The Morgan fingerprint density at radius 2 is 1.55 bits per heavy atom. The van der Waals surface area contributed by atoms with E-state index in [9.17, 15) is 9.90 Å². The first-order chi connectivity index (χ1) is 20.6. The molecular formula is C29H41N9O4. The van der Waals surface area contributed by atoms with Gasteiger partial charge in [0.15, 0.2) is 0 Å². The van der Waals surface area contributed by atoms with Gasteiger partial charge in [0.1, 0.15) is 0 Å². The van der Waals surface area contributed by atoms with E-state index in [4.69, 9.17) is 15.2 Å². The molecule has 7 N–H and O–H groups in total. The van der Waals surface area contributed by atoms with E-state index in [0.29, 0.717) is 63.9 Å². The molecule has 1 amide bonds. The molecule has 13 heteroatoms. The number of hydrogen-bond donors (Lipinski definition) is 6. The van der Waals surface area contributed by atoms with Gasteiger partial charge in [0.2, 0.25) is 23.8 Å². The van der Waals surface area contributed by atoms with Gasteiger partial charge in [0, 0.05) is 43.8 Å². The Bertz CT molecular complexity index is 1210. The van der Waals surface area contributed by atoms with Gasteiger partial charge in [-0.1, -0.05) is 12.1 Å². The van der Waals surface area contributed by atoms with E-state index < -0.39 is 0 Å². The molecule has 0 aliphatic heterocycles. The molecule has 1 aliphatic rings. The SMILES string of the molecule is NCCOCCOCCNC(=O)Cc1ccc(Nc2nc(NCc3ccncc3)nc(NC3CCC(O)CC3)n2)cc1. The highest BCUT2D eigenvalue weighted by Crippen LogP contribution is 2.23. The first-order valence-corrected chi connectivity index (χ1v) is 14.4. The lowest BCUT2D eigenvalue weighted by Crippen LogP contribution is -2.29. The minimum Gasteiger partial charge on any atom is -0.393 e. The van der Waals surface area contributed by atoms with Crippen LogP contribution in [0.3, 0.4) is 0 Å². The number of hydrogen-bond acceptors (Lipinski definition) is 12. The second-order valence-electron chi connectivity index (χ2n) is 10.0. The second-order valence-corrected chi connectivity index (χ2v) is 10.0. The summed E-state index contributed by atoms with van der Waals surface area (Å²) in [5.41, 5.74) is 8.08. The van der Waals surface area contributed by atoms with Crippen LogP contribution in [-0.4, -0.2) is 82.6 Å². The van der Waals surface area contributed by atoms with Crippen LogP contribution in [0, 0.1) is 0 Å². The fraction of sp³-hybridized carbons (Fsp3) is 0.483. The number of carbonyl (C=O) groups is 1. The fourth-order valence-corrected chi connectivity index (χ4v) is 4.41. The molecule has 1 fully saturated rings. The summed E-state index contributed by atoms with van der Waals surface area (Å²) in [6, 6.07) is 11.6. The van der Waals surface area contributed by atoms with Crippen molar-refractivity contribution in [3.05, 3.63) is 59.9 Å². The number of aromatic nitrogens is 4. The predicted molar refractivity (Wildman–Crippen MR) is 160 cm³/mol. The smallest absolute Gasteiger partial charge is 0.233 e. The lowest BCUT2D eigenvalue weighted by atomic mass is 9.93. The standard InChI is InChI=1S/C29H41N9O4/c30-11-15-41-17-18-42-16-14-32-26(40)19-21-1-3-23(4-2-21)34-28-36-27(33-20-22-9-12-31-13-10-22)37-29(38-28)35-24-5-7-25(39)8-6-24/h1-4,9-10,12-13,24-25,39H,5-8,11,14-20,30H2,(H,32,40)(H3,33,34,35,36,37,38). The van der Waals surface area contributed by atoms with Gasteiger partial charge in [0.25, 0.3) is 0 Å². The van der Waals surface area contributed by atoms with Crippen LogP contribution in [0.5, 0.6) is 0 Å². The van der Waals surface area contributed by atoms with E-state index >= 15 is 0 Å². The number of carbonyl (C=O) groups excluding carboxylic acids is 1. The molecular weight excluding hydrogens is 538 g/mol. The molecule has 42 heavy (non-hydrogen) atoms. The molecule has 0 unspecified atom stereocenters. The monoisotopic (exact) mass is 579 g/mol. The van der Waals surface area contributed by atoms with E-state index in [0.717, 1.165) is 42.5 Å². The number of aliphatic hydroxyl groups excluding tert-OH is 1. The summed E-state index contributed by atoms with van der Waals surface area (Å²) in [4.78, 5) is 30.1. The summed E-state index contributed by atoms with van der Waals surface area (Å²) in [5.74, 6) is 1.21. The van der Waals surface area contributed by atoms with Crippen LogP contribution in [0.25, 0.3) is 0 Å². The molecule has 0 saturated heterocycles. The molecule has 0 radical (unpaired) electrons. The van der Waals surface area contributed by atoms with Gasteiger partial charge in [-0.25, -0.2) is 0 Å². The van der Waals surface area contributed by atoms with Crippen molar-refractivity contribution in [2.24, 2.45) is 5.73 Å². The maximum atomic E-state index is 12.3. The number of nitrogens with zero attached hydrogens (tertiary/aromatic N) is 4.